The lowest BCUT2D eigenvalue weighted by molar-refractivity contribution is -0.140. The van der Waals surface area contributed by atoms with Crippen LogP contribution in [0.15, 0.2) is 54.7 Å². The number of alkyl halides is 3. The van der Waals surface area contributed by atoms with Crippen LogP contribution in [-0.4, -0.2) is 16.8 Å². The minimum atomic E-state index is -4.81. The molecule has 1 aromatic heterocycles. The number of halogens is 4. The first-order valence-corrected chi connectivity index (χ1v) is 11.3. The van der Waals surface area contributed by atoms with Crippen molar-refractivity contribution in [3.63, 3.8) is 0 Å². The average Bonchev–Trinajstić information content (AvgIpc) is 3.66. The first-order valence-electron chi connectivity index (χ1n) is 11.3. The van der Waals surface area contributed by atoms with E-state index in [1.54, 1.807) is 37.3 Å². The summed E-state index contributed by atoms with van der Waals surface area (Å²) in [5, 5.41) is 5.48. The van der Waals surface area contributed by atoms with Crippen molar-refractivity contribution >= 4 is 23.3 Å². The molecule has 1 saturated carbocycles. The molecule has 1 fully saturated rings. The van der Waals surface area contributed by atoms with Crippen LogP contribution in [-0.2, 0) is 22.2 Å². The number of anilines is 2. The Morgan fingerprint density at radius 1 is 1.03 bits per heavy atom. The number of nitrogens with zero attached hydrogens (tertiary/aromatic N) is 1. The number of ether oxygens (including phenoxy) is 1. The molecule has 2 amide bonds. The van der Waals surface area contributed by atoms with Crippen molar-refractivity contribution in [3.05, 3.63) is 77.2 Å². The van der Waals surface area contributed by atoms with Crippen LogP contribution in [0.25, 0.3) is 0 Å². The van der Waals surface area contributed by atoms with E-state index in [1.165, 1.54) is 12.3 Å². The molecule has 0 saturated heterocycles. The van der Waals surface area contributed by atoms with Crippen LogP contribution in [0, 0.1) is 18.7 Å². The monoisotopic (exact) mass is 501 g/mol. The van der Waals surface area contributed by atoms with Crippen LogP contribution in [0.3, 0.4) is 0 Å². The zero-order valence-electron chi connectivity index (χ0n) is 19.3. The highest BCUT2D eigenvalue weighted by molar-refractivity contribution is 5.93. The van der Waals surface area contributed by atoms with Crippen molar-refractivity contribution in [2.75, 3.05) is 10.6 Å². The minimum Gasteiger partial charge on any atom is -0.457 e. The van der Waals surface area contributed by atoms with Gasteiger partial charge >= 0.3 is 6.18 Å². The van der Waals surface area contributed by atoms with Crippen LogP contribution in [0.4, 0.5) is 29.1 Å². The molecule has 1 aliphatic carbocycles. The summed E-state index contributed by atoms with van der Waals surface area (Å²) in [6, 6.07) is 11.0. The largest absolute Gasteiger partial charge is 0.457 e. The van der Waals surface area contributed by atoms with E-state index in [0.29, 0.717) is 23.0 Å². The maximum absolute atomic E-state index is 13.5. The number of carbonyl (C=O) groups excluding carboxylic acids is 2. The Balaban J connectivity index is 1.38. The number of nitrogens with one attached hydrogen (secondary N) is 2. The Hall–Kier alpha value is -3.95. The van der Waals surface area contributed by atoms with E-state index >= 15 is 0 Å². The zero-order valence-corrected chi connectivity index (χ0v) is 19.3. The standard InChI is InChI=1S/C26H23F4N3O3/c1-15-2-7-18(36-19-10-11-31-23(14-19)33-25(35)17-5-6-17)13-22(15)32-24(34)9-4-16-3-8-21(27)20(12-16)26(28,29)30/h2-3,7-8,10-14,17H,4-6,9H2,1H3,(H,32,34)(H,31,33,35). The van der Waals surface area contributed by atoms with Gasteiger partial charge in [-0.05, 0) is 61.6 Å². The SMILES string of the molecule is Cc1ccc(Oc2ccnc(NC(=O)C3CC3)c2)cc1NC(=O)CCc1ccc(F)c(C(F)(F)F)c1. The summed E-state index contributed by atoms with van der Waals surface area (Å²) < 4.78 is 58.1. The lowest BCUT2D eigenvalue weighted by Crippen LogP contribution is -2.14. The predicted octanol–water partition coefficient (Wildman–Crippen LogP) is 6.26. The lowest BCUT2D eigenvalue weighted by Gasteiger charge is -2.13. The molecule has 0 spiro atoms. The van der Waals surface area contributed by atoms with Crippen molar-refractivity contribution in [2.24, 2.45) is 5.92 Å². The van der Waals surface area contributed by atoms with Gasteiger partial charge in [0.15, 0.2) is 0 Å². The van der Waals surface area contributed by atoms with Gasteiger partial charge in [0.25, 0.3) is 0 Å². The highest BCUT2D eigenvalue weighted by Gasteiger charge is 2.34. The highest BCUT2D eigenvalue weighted by atomic mass is 19.4. The fourth-order valence-corrected chi connectivity index (χ4v) is 3.47. The molecule has 0 unspecified atom stereocenters. The third-order valence-corrected chi connectivity index (χ3v) is 5.63. The third kappa shape index (κ3) is 6.59. The van der Waals surface area contributed by atoms with Gasteiger partial charge in [0.1, 0.15) is 23.1 Å². The summed E-state index contributed by atoms with van der Waals surface area (Å²) in [6.07, 6.45) is -1.64. The summed E-state index contributed by atoms with van der Waals surface area (Å²) in [4.78, 5) is 28.5. The Morgan fingerprint density at radius 2 is 1.78 bits per heavy atom. The molecule has 2 aromatic carbocycles. The van der Waals surface area contributed by atoms with Crippen LogP contribution in [0.2, 0.25) is 0 Å². The molecule has 36 heavy (non-hydrogen) atoms. The Morgan fingerprint density at radius 3 is 2.50 bits per heavy atom. The molecule has 3 aromatic rings. The van der Waals surface area contributed by atoms with Crippen LogP contribution in [0.1, 0.15) is 36.0 Å². The number of aromatic nitrogens is 1. The van der Waals surface area contributed by atoms with E-state index in [-0.39, 0.29) is 30.2 Å². The zero-order chi connectivity index (χ0) is 25.9. The quantitative estimate of drug-likeness (QED) is 0.357. The number of carbonyl (C=O) groups is 2. The van der Waals surface area contributed by atoms with Crippen molar-refractivity contribution in [1.82, 2.24) is 4.98 Å². The minimum absolute atomic E-state index is 0.0107. The number of hydrogen-bond donors (Lipinski definition) is 2. The van der Waals surface area contributed by atoms with E-state index in [0.717, 1.165) is 30.5 Å². The molecule has 188 valence electrons. The van der Waals surface area contributed by atoms with Crippen LogP contribution >= 0.6 is 0 Å². The number of pyridine rings is 1. The van der Waals surface area contributed by atoms with Gasteiger partial charge in [-0.3, -0.25) is 9.59 Å². The second kappa shape index (κ2) is 10.3. The molecule has 0 aliphatic heterocycles. The van der Waals surface area contributed by atoms with Gasteiger partial charge in [-0.2, -0.15) is 13.2 Å². The molecule has 0 radical (unpaired) electrons. The van der Waals surface area contributed by atoms with Crippen LogP contribution < -0.4 is 15.4 Å². The van der Waals surface area contributed by atoms with Gasteiger partial charge < -0.3 is 15.4 Å². The van der Waals surface area contributed by atoms with Gasteiger partial charge in [0, 0.05) is 36.4 Å². The first kappa shape index (κ1) is 25.2. The van der Waals surface area contributed by atoms with Crippen molar-refractivity contribution in [3.8, 4) is 11.5 Å². The fourth-order valence-electron chi connectivity index (χ4n) is 3.47. The Bertz CT molecular complexity index is 1290. The highest BCUT2D eigenvalue weighted by Crippen LogP contribution is 2.33. The molecule has 1 heterocycles. The van der Waals surface area contributed by atoms with Gasteiger partial charge in [0.05, 0.1) is 5.56 Å². The first-order chi connectivity index (χ1) is 17.1. The smallest absolute Gasteiger partial charge is 0.419 e. The van der Waals surface area contributed by atoms with Gasteiger partial charge in [-0.15, -0.1) is 0 Å². The van der Waals surface area contributed by atoms with E-state index in [2.05, 4.69) is 15.6 Å². The van der Waals surface area contributed by atoms with E-state index in [9.17, 15) is 27.2 Å². The number of rotatable bonds is 8. The molecular weight excluding hydrogens is 478 g/mol. The summed E-state index contributed by atoms with van der Waals surface area (Å²) in [5.74, 6) is -0.565. The van der Waals surface area contributed by atoms with Gasteiger partial charge in [0.2, 0.25) is 11.8 Å². The molecule has 6 nitrogen and oxygen atoms in total. The second-order valence-electron chi connectivity index (χ2n) is 8.58. The molecule has 0 bridgehead atoms. The van der Waals surface area contributed by atoms with Crippen molar-refractivity contribution < 1.29 is 31.9 Å². The fraction of sp³-hybridized carbons (Fsp3) is 0.269. The topological polar surface area (TPSA) is 80.3 Å². The molecular formula is C26H23F4N3O3. The second-order valence-corrected chi connectivity index (χ2v) is 8.58. The normalized spacial score (nSPS) is 13.2. The number of aryl methyl sites for hydroxylation is 2. The van der Waals surface area contributed by atoms with Crippen LogP contribution in [0.5, 0.6) is 11.5 Å². The summed E-state index contributed by atoms with van der Waals surface area (Å²) in [7, 11) is 0. The lowest BCUT2D eigenvalue weighted by atomic mass is 10.1. The molecule has 10 heteroatoms. The number of hydrogen-bond acceptors (Lipinski definition) is 4. The summed E-state index contributed by atoms with van der Waals surface area (Å²) >= 11 is 0. The molecule has 4 rings (SSSR count). The maximum atomic E-state index is 13.5. The van der Waals surface area contributed by atoms with Gasteiger partial charge in [-0.1, -0.05) is 12.1 Å². The van der Waals surface area contributed by atoms with Crippen molar-refractivity contribution in [2.45, 2.75) is 38.8 Å². The Labute approximate surface area is 204 Å². The van der Waals surface area contributed by atoms with Gasteiger partial charge in [-0.25, -0.2) is 9.37 Å². The maximum Gasteiger partial charge on any atom is 0.419 e. The number of amides is 2. The van der Waals surface area contributed by atoms with E-state index in [1.807, 2.05) is 0 Å². The van der Waals surface area contributed by atoms with E-state index in [4.69, 9.17) is 4.74 Å². The average molecular weight is 501 g/mol. The predicted molar refractivity (Wildman–Crippen MR) is 125 cm³/mol. The third-order valence-electron chi connectivity index (χ3n) is 5.63. The van der Waals surface area contributed by atoms with E-state index < -0.39 is 23.5 Å². The van der Waals surface area contributed by atoms with Crippen molar-refractivity contribution in [1.29, 1.82) is 0 Å². The molecule has 0 atom stereocenters. The molecule has 1 aliphatic rings. The summed E-state index contributed by atoms with van der Waals surface area (Å²) in [5.41, 5.74) is 0.0790. The summed E-state index contributed by atoms with van der Waals surface area (Å²) in [6.45, 7) is 1.78. The Kier molecular flexibility index (Phi) is 7.23. The molecule has 2 N–H and O–H groups in total. The number of benzene rings is 2.